The van der Waals surface area contributed by atoms with Gasteiger partial charge >= 0.3 is 0 Å². The number of carbonyl (C=O) groups excluding carboxylic acids is 1. The van der Waals surface area contributed by atoms with Crippen molar-refractivity contribution in [2.24, 2.45) is 0 Å². The topological polar surface area (TPSA) is 69.9 Å². The largest absolute Gasteiger partial charge is 0.497 e. The minimum Gasteiger partial charge on any atom is -0.497 e. The molecule has 0 aliphatic heterocycles. The second-order valence-electron chi connectivity index (χ2n) is 4.70. The van der Waals surface area contributed by atoms with Crippen LogP contribution < -0.4 is 4.74 Å². The highest BCUT2D eigenvalue weighted by Gasteiger charge is 2.17. The summed E-state index contributed by atoms with van der Waals surface area (Å²) in [6.07, 6.45) is 0. The Hall–Kier alpha value is -3.02. The third-order valence-electron chi connectivity index (χ3n) is 3.26. The Morgan fingerprint density at radius 2 is 1.82 bits per heavy atom. The summed E-state index contributed by atoms with van der Waals surface area (Å²) >= 11 is 0. The average Bonchev–Trinajstić information content (AvgIpc) is 3.03. The number of hydrogen-bond acceptors (Lipinski definition) is 5. The smallest absolute Gasteiger partial charge is 0.231 e. The Kier molecular flexibility index (Phi) is 3.91. The third-order valence-corrected chi connectivity index (χ3v) is 3.26. The normalized spacial score (nSPS) is 10.4. The van der Waals surface area contributed by atoms with E-state index < -0.39 is 0 Å². The summed E-state index contributed by atoms with van der Waals surface area (Å²) in [5.74, 6) is 0.693. The van der Waals surface area contributed by atoms with Crippen LogP contribution >= 0.6 is 0 Å². The van der Waals surface area contributed by atoms with E-state index in [-0.39, 0.29) is 11.6 Å². The monoisotopic (exact) mass is 294 g/mol. The standard InChI is InChI=1S/C16H14N4O2/c1-22-14-9-7-13(8-10-14)15(21)16-17-18-19-20(16)11-12-5-3-2-4-6-12/h2-10H,11H2,1H3. The highest BCUT2D eigenvalue weighted by atomic mass is 16.5. The van der Waals surface area contributed by atoms with Crippen LogP contribution in [-0.4, -0.2) is 33.1 Å². The number of ether oxygens (including phenoxy) is 1. The van der Waals surface area contributed by atoms with Crippen LogP contribution in [0.3, 0.4) is 0 Å². The third kappa shape index (κ3) is 2.85. The number of ketones is 1. The van der Waals surface area contributed by atoms with Gasteiger partial charge in [-0.3, -0.25) is 4.79 Å². The van der Waals surface area contributed by atoms with E-state index in [0.717, 1.165) is 5.56 Å². The van der Waals surface area contributed by atoms with Crippen molar-refractivity contribution >= 4 is 5.78 Å². The molecule has 110 valence electrons. The quantitative estimate of drug-likeness (QED) is 0.673. The van der Waals surface area contributed by atoms with E-state index in [4.69, 9.17) is 4.74 Å². The second-order valence-corrected chi connectivity index (χ2v) is 4.70. The number of benzene rings is 2. The molecule has 2 aromatic carbocycles. The maximum absolute atomic E-state index is 12.5. The number of methoxy groups -OCH3 is 1. The molecule has 0 saturated carbocycles. The van der Waals surface area contributed by atoms with Gasteiger partial charge in [-0.05, 0) is 40.3 Å². The molecule has 0 radical (unpaired) electrons. The van der Waals surface area contributed by atoms with Crippen molar-refractivity contribution < 1.29 is 9.53 Å². The van der Waals surface area contributed by atoms with E-state index in [2.05, 4.69) is 15.5 Å². The van der Waals surface area contributed by atoms with E-state index in [1.165, 1.54) is 4.68 Å². The van der Waals surface area contributed by atoms with Crippen molar-refractivity contribution in [3.05, 3.63) is 71.5 Å². The fraction of sp³-hybridized carbons (Fsp3) is 0.125. The SMILES string of the molecule is COc1ccc(C(=O)c2nnnn2Cc2ccccc2)cc1. The molecule has 0 spiro atoms. The van der Waals surface area contributed by atoms with Gasteiger partial charge in [0.05, 0.1) is 13.7 Å². The number of tetrazole rings is 1. The summed E-state index contributed by atoms with van der Waals surface area (Å²) in [6.45, 7) is 0.449. The van der Waals surface area contributed by atoms with Gasteiger partial charge in [-0.2, -0.15) is 0 Å². The Labute approximate surface area is 127 Å². The van der Waals surface area contributed by atoms with Gasteiger partial charge in [-0.1, -0.05) is 30.3 Å². The molecule has 0 N–H and O–H groups in total. The molecule has 0 amide bonds. The molecular formula is C16H14N4O2. The Morgan fingerprint density at radius 1 is 1.09 bits per heavy atom. The van der Waals surface area contributed by atoms with Crippen molar-refractivity contribution in [3.63, 3.8) is 0 Å². The minimum absolute atomic E-state index is 0.217. The van der Waals surface area contributed by atoms with E-state index >= 15 is 0 Å². The average molecular weight is 294 g/mol. The molecule has 0 aliphatic carbocycles. The fourth-order valence-corrected chi connectivity index (χ4v) is 2.10. The van der Waals surface area contributed by atoms with E-state index in [1.807, 2.05) is 30.3 Å². The zero-order valence-corrected chi connectivity index (χ0v) is 12.0. The predicted octanol–water partition coefficient (Wildman–Crippen LogP) is 1.96. The van der Waals surface area contributed by atoms with Gasteiger partial charge in [0.1, 0.15) is 5.75 Å². The van der Waals surface area contributed by atoms with Crippen LogP contribution in [0.25, 0.3) is 0 Å². The number of nitrogens with zero attached hydrogens (tertiary/aromatic N) is 4. The van der Waals surface area contributed by atoms with Crippen molar-refractivity contribution in [3.8, 4) is 5.75 Å². The Balaban J connectivity index is 1.85. The van der Waals surface area contributed by atoms with E-state index in [0.29, 0.717) is 17.9 Å². The van der Waals surface area contributed by atoms with Crippen LogP contribution in [0.4, 0.5) is 0 Å². The molecule has 0 fully saturated rings. The first-order valence-corrected chi connectivity index (χ1v) is 6.77. The predicted molar refractivity (Wildman–Crippen MR) is 79.8 cm³/mol. The molecule has 0 saturated heterocycles. The highest BCUT2D eigenvalue weighted by molar-refractivity contribution is 6.06. The molecule has 22 heavy (non-hydrogen) atoms. The van der Waals surface area contributed by atoms with E-state index in [1.54, 1.807) is 31.4 Å². The molecule has 0 bridgehead atoms. The highest BCUT2D eigenvalue weighted by Crippen LogP contribution is 2.14. The first-order chi connectivity index (χ1) is 10.8. The van der Waals surface area contributed by atoms with Crippen LogP contribution in [0, 0.1) is 0 Å². The van der Waals surface area contributed by atoms with Crippen LogP contribution in [0.1, 0.15) is 21.7 Å². The lowest BCUT2D eigenvalue weighted by atomic mass is 10.1. The maximum Gasteiger partial charge on any atom is 0.231 e. The summed E-state index contributed by atoms with van der Waals surface area (Å²) < 4.78 is 6.59. The molecule has 0 atom stereocenters. The van der Waals surface area contributed by atoms with Crippen molar-refractivity contribution in [1.82, 2.24) is 20.2 Å². The number of rotatable bonds is 5. The lowest BCUT2D eigenvalue weighted by Crippen LogP contribution is -2.13. The molecule has 6 heteroatoms. The Morgan fingerprint density at radius 3 is 2.50 bits per heavy atom. The van der Waals surface area contributed by atoms with Gasteiger partial charge < -0.3 is 4.74 Å². The van der Waals surface area contributed by atoms with Gasteiger partial charge in [0.2, 0.25) is 11.6 Å². The summed E-state index contributed by atoms with van der Waals surface area (Å²) in [7, 11) is 1.58. The van der Waals surface area contributed by atoms with Gasteiger partial charge in [0, 0.05) is 5.56 Å². The summed E-state index contributed by atoms with van der Waals surface area (Å²) in [4.78, 5) is 12.5. The van der Waals surface area contributed by atoms with Crippen molar-refractivity contribution in [2.75, 3.05) is 7.11 Å². The molecule has 6 nitrogen and oxygen atoms in total. The van der Waals surface area contributed by atoms with Gasteiger partial charge in [0.25, 0.3) is 0 Å². The zero-order chi connectivity index (χ0) is 15.4. The number of aromatic nitrogens is 4. The molecule has 3 rings (SSSR count). The van der Waals surface area contributed by atoms with Crippen LogP contribution in [0.2, 0.25) is 0 Å². The lowest BCUT2D eigenvalue weighted by molar-refractivity contribution is 0.102. The van der Waals surface area contributed by atoms with Gasteiger partial charge in [-0.25, -0.2) is 4.68 Å². The molecule has 0 unspecified atom stereocenters. The summed E-state index contributed by atoms with van der Waals surface area (Å²) in [5.41, 5.74) is 1.54. The summed E-state index contributed by atoms with van der Waals surface area (Å²) in [5, 5.41) is 11.4. The van der Waals surface area contributed by atoms with Crippen LogP contribution in [0.15, 0.2) is 54.6 Å². The number of hydrogen-bond donors (Lipinski definition) is 0. The van der Waals surface area contributed by atoms with Crippen LogP contribution in [-0.2, 0) is 6.54 Å². The van der Waals surface area contributed by atoms with Crippen LogP contribution in [0.5, 0.6) is 5.75 Å². The lowest BCUT2D eigenvalue weighted by Gasteiger charge is -2.05. The second kappa shape index (κ2) is 6.17. The van der Waals surface area contributed by atoms with E-state index in [9.17, 15) is 4.79 Å². The first kappa shape index (κ1) is 13.9. The van der Waals surface area contributed by atoms with Crippen molar-refractivity contribution in [2.45, 2.75) is 6.54 Å². The minimum atomic E-state index is -0.219. The molecular weight excluding hydrogens is 280 g/mol. The fourth-order valence-electron chi connectivity index (χ4n) is 2.10. The summed E-state index contributed by atoms with van der Waals surface area (Å²) in [6, 6.07) is 16.6. The molecule has 0 aliphatic rings. The molecule has 1 aromatic heterocycles. The molecule has 1 heterocycles. The first-order valence-electron chi connectivity index (χ1n) is 6.77. The maximum atomic E-state index is 12.5. The molecule has 3 aromatic rings. The van der Waals surface area contributed by atoms with Gasteiger partial charge in [0.15, 0.2) is 0 Å². The number of carbonyl (C=O) groups is 1. The van der Waals surface area contributed by atoms with Gasteiger partial charge in [-0.15, -0.1) is 5.10 Å². The van der Waals surface area contributed by atoms with Crippen molar-refractivity contribution in [1.29, 1.82) is 0 Å². The zero-order valence-electron chi connectivity index (χ0n) is 12.0. The Bertz CT molecular complexity index is 766.